The van der Waals surface area contributed by atoms with E-state index in [4.69, 9.17) is 5.26 Å². The molecule has 0 aliphatic carbocycles. The van der Waals surface area contributed by atoms with Gasteiger partial charge in [0.15, 0.2) is 0 Å². The second kappa shape index (κ2) is 6.58. The van der Waals surface area contributed by atoms with Gasteiger partial charge in [0.2, 0.25) is 5.91 Å². The van der Waals surface area contributed by atoms with Crippen molar-refractivity contribution in [3.63, 3.8) is 0 Å². The van der Waals surface area contributed by atoms with Crippen LogP contribution in [0, 0.1) is 17.2 Å². The number of hydrogen-bond donors (Lipinski definition) is 1. The number of aliphatic hydroxyl groups excluding tert-OH is 1. The highest BCUT2D eigenvalue weighted by Crippen LogP contribution is 2.16. The molecular weight excluding hydrogens is 218 g/mol. The van der Waals surface area contributed by atoms with Gasteiger partial charge in [-0.2, -0.15) is 5.26 Å². The fraction of sp³-hybridized carbons (Fsp3) is 0.833. The molecule has 2 unspecified atom stereocenters. The molecule has 0 aromatic rings. The summed E-state index contributed by atoms with van der Waals surface area (Å²) in [6.45, 7) is 4.27. The first-order valence-corrected chi connectivity index (χ1v) is 6.06. The van der Waals surface area contributed by atoms with Gasteiger partial charge in [0, 0.05) is 20.1 Å². The van der Waals surface area contributed by atoms with E-state index in [1.165, 1.54) is 0 Å². The fourth-order valence-electron chi connectivity index (χ4n) is 1.91. The van der Waals surface area contributed by atoms with Crippen molar-refractivity contribution in [2.75, 3.05) is 33.2 Å². The van der Waals surface area contributed by atoms with Gasteiger partial charge in [-0.1, -0.05) is 6.92 Å². The Labute approximate surface area is 103 Å². The number of piperidine rings is 1. The van der Waals surface area contributed by atoms with Gasteiger partial charge in [-0.15, -0.1) is 0 Å². The molecule has 17 heavy (non-hydrogen) atoms. The highest BCUT2D eigenvalue weighted by molar-refractivity contribution is 5.78. The maximum atomic E-state index is 11.8. The standard InChI is InChI=1S/C12H21N3O2/c1-10-4-7-15(8-11(10)16)9-12(17)14(2)6-3-5-13/h10-11,16H,3-4,6-9H2,1-2H3. The third-order valence-electron chi connectivity index (χ3n) is 3.35. The number of likely N-dealkylation sites (N-methyl/N-ethyl adjacent to an activating group) is 1. The van der Waals surface area contributed by atoms with E-state index in [2.05, 4.69) is 0 Å². The summed E-state index contributed by atoms with van der Waals surface area (Å²) in [5.41, 5.74) is 0. The lowest BCUT2D eigenvalue weighted by Crippen LogP contribution is -2.47. The molecule has 1 fully saturated rings. The molecule has 2 atom stereocenters. The normalized spacial score (nSPS) is 25.3. The van der Waals surface area contributed by atoms with E-state index in [1.54, 1.807) is 11.9 Å². The van der Waals surface area contributed by atoms with Crippen molar-refractivity contribution in [3.8, 4) is 6.07 Å². The SMILES string of the molecule is CC1CCN(CC(=O)N(C)CCC#N)CC1O. The maximum Gasteiger partial charge on any atom is 0.236 e. The van der Waals surface area contributed by atoms with Crippen LogP contribution in [0.3, 0.4) is 0 Å². The lowest BCUT2D eigenvalue weighted by Gasteiger charge is -2.34. The summed E-state index contributed by atoms with van der Waals surface area (Å²) in [4.78, 5) is 15.4. The minimum absolute atomic E-state index is 0.0157. The van der Waals surface area contributed by atoms with Gasteiger partial charge in [0.1, 0.15) is 0 Å². The van der Waals surface area contributed by atoms with E-state index < -0.39 is 0 Å². The second-order valence-corrected chi connectivity index (χ2v) is 4.79. The number of nitriles is 1. The summed E-state index contributed by atoms with van der Waals surface area (Å²) in [5.74, 6) is 0.333. The zero-order valence-corrected chi connectivity index (χ0v) is 10.6. The first kappa shape index (κ1) is 13.9. The minimum atomic E-state index is -0.332. The van der Waals surface area contributed by atoms with Gasteiger partial charge < -0.3 is 10.0 Å². The predicted octanol–water partition coefficient (Wildman–Crippen LogP) is 0.0612. The molecule has 1 aliphatic heterocycles. The molecule has 1 N–H and O–H groups in total. The first-order valence-electron chi connectivity index (χ1n) is 6.06. The molecule has 0 bridgehead atoms. The summed E-state index contributed by atoms with van der Waals surface area (Å²) in [6.07, 6.45) is 0.957. The molecule has 1 aliphatic rings. The van der Waals surface area contributed by atoms with E-state index in [1.807, 2.05) is 17.9 Å². The summed E-state index contributed by atoms with van der Waals surface area (Å²) in [6, 6.07) is 2.02. The van der Waals surface area contributed by atoms with Crippen LogP contribution in [0.4, 0.5) is 0 Å². The van der Waals surface area contributed by atoms with Crippen LogP contribution in [0.1, 0.15) is 19.8 Å². The van der Waals surface area contributed by atoms with Crippen molar-refractivity contribution in [2.45, 2.75) is 25.9 Å². The molecule has 5 nitrogen and oxygen atoms in total. The molecule has 1 saturated heterocycles. The Kier molecular flexibility index (Phi) is 5.39. The van der Waals surface area contributed by atoms with Crippen LogP contribution in [0.2, 0.25) is 0 Å². The zero-order valence-electron chi connectivity index (χ0n) is 10.6. The van der Waals surface area contributed by atoms with Crippen molar-refractivity contribution >= 4 is 5.91 Å². The zero-order chi connectivity index (χ0) is 12.8. The van der Waals surface area contributed by atoms with Crippen LogP contribution in [0.5, 0.6) is 0 Å². The molecule has 0 radical (unpaired) electrons. The largest absolute Gasteiger partial charge is 0.392 e. The first-order chi connectivity index (χ1) is 8.04. The Morgan fingerprint density at radius 3 is 2.94 bits per heavy atom. The van der Waals surface area contributed by atoms with Crippen molar-refractivity contribution in [2.24, 2.45) is 5.92 Å². The third kappa shape index (κ3) is 4.33. The third-order valence-corrected chi connectivity index (χ3v) is 3.35. The van der Waals surface area contributed by atoms with E-state index in [0.29, 0.717) is 32.0 Å². The Balaban J connectivity index is 2.34. The second-order valence-electron chi connectivity index (χ2n) is 4.79. The number of carbonyl (C=O) groups excluding carboxylic acids is 1. The van der Waals surface area contributed by atoms with Gasteiger partial charge in [-0.3, -0.25) is 9.69 Å². The van der Waals surface area contributed by atoms with Gasteiger partial charge in [0.05, 0.1) is 25.1 Å². The number of hydrogen-bond acceptors (Lipinski definition) is 4. The lowest BCUT2D eigenvalue weighted by atomic mass is 9.96. The van der Waals surface area contributed by atoms with Crippen LogP contribution in [0.15, 0.2) is 0 Å². The molecule has 0 aromatic carbocycles. The number of amides is 1. The van der Waals surface area contributed by atoms with E-state index in [-0.39, 0.29) is 12.0 Å². The molecule has 1 heterocycles. The minimum Gasteiger partial charge on any atom is -0.392 e. The topological polar surface area (TPSA) is 67.6 Å². The number of nitrogens with zero attached hydrogens (tertiary/aromatic N) is 3. The summed E-state index contributed by atoms with van der Waals surface area (Å²) in [7, 11) is 1.71. The Bertz CT molecular complexity index is 301. The molecule has 0 saturated carbocycles. The average Bonchev–Trinajstić information content (AvgIpc) is 2.30. The number of rotatable bonds is 4. The van der Waals surface area contributed by atoms with Gasteiger partial charge in [-0.25, -0.2) is 0 Å². The number of β-amino-alcohol motifs (C(OH)–C–C–N with tert-alkyl or cyclic N) is 1. The van der Waals surface area contributed by atoms with Gasteiger partial charge >= 0.3 is 0 Å². The van der Waals surface area contributed by atoms with E-state index >= 15 is 0 Å². The molecule has 1 rings (SSSR count). The Morgan fingerprint density at radius 1 is 1.65 bits per heavy atom. The summed E-state index contributed by atoms with van der Waals surface area (Å²) in [5, 5.41) is 18.2. The number of likely N-dealkylation sites (tertiary alicyclic amines) is 1. The molecule has 96 valence electrons. The van der Waals surface area contributed by atoms with E-state index in [0.717, 1.165) is 13.0 Å². The van der Waals surface area contributed by atoms with Crippen LogP contribution < -0.4 is 0 Å². The van der Waals surface area contributed by atoms with Crippen molar-refractivity contribution in [3.05, 3.63) is 0 Å². The highest BCUT2D eigenvalue weighted by atomic mass is 16.3. The van der Waals surface area contributed by atoms with Gasteiger partial charge in [0.25, 0.3) is 0 Å². The molecule has 5 heteroatoms. The Morgan fingerprint density at radius 2 is 2.35 bits per heavy atom. The Hall–Kier alpha value is -1.12. The van der Waals surface area contributed by atoms with Crippen LogP contribution in [-0.4, -0.2) is 60.1 Å². The van der Waals surface area contributed by atoms with Crippen molar-refractivity contribution in [1.29, 1.82) is 5.26 Å². The van der Waals surface area contributed by atoms with Crippen LogP contribution >= 0.6 is 0 Å². The number of carbonyl (C=O) groups is 1. The maximum absolute atomic E-state index is 11.8. The highest BCUT2D eigenvalue weighted by Gasteiger charge is 2.25. The van der Waals surface area contributed by atoms with Crippen molar-refractivity contribution < 1.29 is 9.90 Å². The molecule has 0 spiro atoms. The fourth-order valence-corrected chi connectivity index (χ4v) is 1.91. The van der Waals surface area contributed by atoms with E-state index in [9.17, 15) is 9.90 Å². The summed E-state index contributed by atoms with van der Waals surface area (Å²) < 4.78 is 0. The van der Waals surface area contributed by atoms with Gasteiger partial charge in [-0.05, 0) is 18.9 Å². The average molecular weight is 239 g/mol. The lowest BCUT2D eigenvalue weighted by molar-refractivity contribution is -0.132. The molecular formula is C12H21N3O2. The van der Waals surface area contributed by atoms with Crippen LogP contribution in [0.25, 0.3) is 0 Å². The molecule has 1 amide bonds. The monoisotopic (exact) mass is 239 g/mol. The predicted molar refractivity (Wildman–Crippen MR) is 64.1 cm³/mol. The van der Waals surface area contributed by atoms with Crippen molar-refractivity contribution in [1.82, 2.24) is 9.80 Å². The van der Waals surface area contributed by atoms with Crippen LogP contribution in [-0.2, 0) is 4.79 Å². The summed E-state index contributed by atoms with van der Waals surface area (Å²) >= 11 is 0. The molecule has 0 aromatic heterocycles. The number of aliphatic hydroxyl groups is 1. The smallest absolute Gasteiger partial charge is 0.236 e. The quantitative estimate of drug-likeness (QED) is 0.753.